The van der Waals surface area contributed by atoms with Crippen LogP contribution in [0.15, 0.2) is 53.3 Å². The molecule has 4 rings (SSSR count). The maximum absolute atomic E-state index is 12.8. The van der Waals surface area contributed by atoms with Crippen LogP contribution < -0.4 is 19.6 Å². The van der Waals surface area contributed by atoms with E-state index in [0.717, 1.165) is 17.5 Å². The summed E-state index contributed by atoms with van der Waals surface area (Å²) in [7, 11) is 1.61. The minimum Gasteiger partial charge on any atom is -0.493 e. The van der Waals surface area contributed by atoms with Crippen LogP contribution >= 0.6 is 11.3 Å². The molecule has 0 aliphatic rings. The van der Waals surface area contributed by atoms with Crippen molar-refractivity contribution in [2.45, 2.75) is 20.3 Å². The van der Waals surface area contributed by atoms with Crippen molar-refractivity contribution in [3.63, 3.8) is 0 Å². The summed E-state index contributed by atoms with van der Waals surface area (Å²) in [5.74, 6) is 2.42. The number of rotatable bonds is 8. The molecule has 0 bridgehead atoms. The summed E-state index contributed by atoms with van der Waals surface area (Å²) >= 11 is 1.31. The Hall–Kier alpha value is -3.45. The molecule has 0 radical (unpaired) electrons. The summed E-state index contributed by atoms with van der Waals surface area (Å²) < 4.78 is 13.2. The zero-order chi connectivity index (χ0) is 22.5. The van der Waals surface area contributed by atoms with Crippen LogP contribution in [0.5, 0.6) is 11.5 Å². The van der Waals surface area contributed by atoms with E-state index in [1.54, 1.807) is 13.2 Å². The maximum atomic E-state index is 12.8. The van der Waals surface area contributed by atoms with E-state index in [2.05, 4.69) is 23.9 Å². The standard InChI is InChI=1S/C25H25N3O3S/c1-17(2)13-14-31-20-11-9-19(15-21(20)30-3)16-22-24(29)28-25(32-22)26-23(27-28)12-10-18-7-5-4-6-8-18/h4-12,15-17H,13-14H2,1-3H3/b12-10+,22-16-. The second kappa shape index (κ2) is 9.78. The third kappa shape index (κ3) is 5.06. The van der Waals surface area contributed by atoms with E-state index >= 15 is 0 Å². The number of benzene rings is 2. The number of nitrogens with zero attached hydrogens (tertiary/aromatic N) is 3. The van der Waals surface area contributed by atoms with Crippen LogP contribution in [0.3, 0.4) is 0 Å². The summed E-state index contributed by atoms with van der Waals surface area (Å²) in [6, 6.07) is 15.6. The van der Waals surface area contributed by atoms with Gasteiger partial charge in [0.15, 0.2) is 17.3 Å². The zero-order valence-electron chi connectivity index (χ0n) is 18.3. The molecule has 6 nitrogen and oxygen atoms in total. The van der Waals surface area contributed by atoms with Crippen molar-refractivity contribution in [2.24, 2.45) is 5.92 Å². The highest BCUT2D eigenvalue weighted by atomic mass is 32.1. The molecule has 0 atom stereocenters. The first-order chi connectivity index (χ1) is 15.5. The van der Waals surface area contributed by atoms with Crippen molar-refractivity contribution in [3.05, 3.63) is 80.4 Å². The van der Waals surface area contributed by atoms with Gasteiger partial charge in [-0.2, -0.15) is 9.50 Å². The first-order valence-corrected chi connectivity index (χ1v) is 11.3. The predicted octanol–water partition coefficient (Wildman–Crippen LogP) is 4.30. The predicted molar refractivity (Wildman–Crippen MR) is 129 cm³/mol. The molecule has 4 aromatic rings. The molecule has 2 aromatic heterocycles. The molecule has 2 aromatic carbocycles. The van der Waals surface area contributed by atoms with Gasteiger partial charge in [-0.1, -0.05) is 67.7 Å². The average Bonchev–Trinajstić information content (AvgIpc) is 3.32. The van der Waals surface area contributed by atoms with Crippen molar-refractivity contribution >= 4 is 34.5 Å². The van der Waals surface area contributed by atoms with Crippen LogP contribution in [-0.4, -0.2) is 28.3 Å². The van der Waals surface area contributed by atoms with Gasteiger partial charge in [-0.25, -0.2) is 0 Å². The van der Waals surface area contributed by atoms with Crippen LogP contribution in [0.25, 0.3) is 23.2 Å². The van der Waals surface area contributed by atoms with Crippen molar-refractivity contribution in [2.75, 3.05) is 13.7 Å². The normalized spacial score (nSPS) is 12.3. The lowest BCUT2D eigenvalue weighted by Crippen LogP contribution is -2.23. The van der Waals surface area contributed by atoms with Gasteiger partial charge in [-0.15, -0.1) is 5.10 Å². The molecular formula is C25H25N3O3S. The van der Waals surface area contributed by atoms with Gasteiger partial charge in [0.1, 0.15) is 0 Å². The number of thiazole rings is 1. The van der Waals surface area contributed by atoms with Crippen LogP contribution in [0.1, 0.15) is 37.2 Å². The molecule has 7 heteroatoms. The quantitative estimate of drug-likeness (QED) is 0.403. The first-order valence-electron chi connectivity index (χ1n) is 10.5. The molecule has 0 unspecified atom stereocenters. The van der Waals surface area contributed by atoms with E-state index in [-0.39, 0.29) is 5.56 Å². The van der Waals surface area contributed by atoms with Crippen LogP contribution in [0.4, 0.5) is 0 Å². The second-order valence-electron chi connectivity index (χ2n) is 7.77. The Balaban J connectivity index is 1.57. The minimum absolute atomic E-state index is 0.187. The van der Waals surface area contributed by atoms with Crippen molar-refractivity contribution < 1.29 is 9.47 Å². The molecule has 0 spiro atoms. The monoisotopic (exact) mass is 447 g/mol. The molecule has 0 saturated carbocycles. The van der Waals surface area contributed by atoms with E-state index < -0.39 is 0 Å². The maximum Gasteiger partial charge on any atom is 0.291 e. The van der Waals surface area contributed by atoms with Gasteiger partial charge in [0.05, 0.1) is 18.2 Å². The van der Waals surface area contributed by atoms with Gasteiger partial charge in [0.2, 0.25) is 4.96 Å². The zero-order valence-corrected chi connectivity index (χ0v) is 19.1. The van der Waals surface area contributed by atoms with Crippen molar-refractivity contribution in [1.29, 1.82) is 0 Å². The number of fused-ring (bicyclic) bond motifs is 1. The van der Waals surface area contributed by atoms with Gasteiger partial charge < -0.3 is 9.47 Å². The summed E-state index contributed by atoms with van der Waals surface area (Å²) in [5, 5.41) is 4.34. The lowest BCUT2D eigenvalue weighted by molar-refractivity contribution is 0.273. The van der Waals surface area contributed by atoms with Crippen LogP contribution in [0, 0.1) is 5.92 Å². The highest BCUT2D eigenvalue weighted by Crippen LogP contribution is 2.28. The SMILES string of the molecule is COc1cc(/C=c2\sc3nc(/C=C/c4ccccc4)nn3c2=O)ccc1OCCC(C)C. The number of hydrogen-bond acceptors (Lipinski definition) is 6. The molecule has 0 amide bonds. The molecule has 0 saturated heterocycles. The van der Waals surface area contributed by atoms with Gasteiger partial charge in [-0.05, 0) is 47.8 Å². The summed E-state index contributed by atoms with van der Waals surface area (Å²) in [6.07, 6.45) is 6.53. The number of aromatic nitrogens is 3. The van der Waals surface area contributed by atoms with Gasteiger partial charge >= 0.3 is 0 Å². The van der Waals surface area contributed by atoms with E-state index in [4.69, 9.17) is 9.47 Å². The lowest BCUT2D eigenvalue weighted by Gasteiger charge is -2.12. The molecule has 0 N–H and O–H groups in total. The van der Waals surface area contributed by atoms with Gasteiger partial charge in [0, 0.05) is 0 Å². The molecular weight excluding hydrogens is 422 g/mol. The Bertz CT molecular complexity index is 1340. The van der Waals surface area contributed by atoms with Crippen molar-refractivity contribution in [3.8, 4) is 11.5 Å². The Labute approximate surface area is 190 Å². The highest BCUT2D eigenvalue weighted by molar-refractivity contribution is 7.15. The summed E-state index contributed by atoms with van der Waals surface area (Å²) in [4.78, 5) is 17.8. The fourth-order valence-corrected chi connectivity index (χ4v) is 4.02. The molecule has 0 aliphatic heterocycles. The average molecular weight is 448 g/mol. The van der Waals surface area contributed by atoms with Crippen LogP contribution in [0.2, 0.25) is 0 Å². The minimum atomic E-state index is -0.187. The molecule has 32 heavy (non-hydrogen) atoms. The van der Waals surface area contributed by atoms with E-state index in [1.165, 1.54) is 15.9 Å². The smallest absolute Gasteiger partial charge is 0.291 e. The third-order valence-corrected chi connectivity index (χ3v) is 5.82. The number of methoxy groups -OCH3 is 1. The summed E-state index contributed by atoms with van der Waals surface area (Å²) in [6.45, 7) is 4.96. The molecule has 0 fully saturated rings. The second-order valence-corrected chi connectivity index (χ2v) is 8.77. The fraction of sp³-hybridized carbons (Fsp3) is 0.240. The summed E-state index contributed by atoms with van der Waals surface area (Å²) in [5.41, 5.74) is 1.71. The van der Waals surface area contributed by atoms with Gasteiger partial charge in [-0.3, -0.25) is 4.79 Å². The third-order valence-electron chi connectivity index (χ3n) is 4.86. The number of ether oxygens (including phenoxy) is 2. The van der Waals surface area contributed by atoms with Crippen molar-refractivity contribution in [1.82, 2.24) is 14.6 Å². The molecule has 164 valence electrons. The van der Waals surface area contributed by atoms with E-state index in [1.807, 2.05) is 60.7 Å². The van der Waals surface area contributed by atoms with E-state index in [0.29, 0.717) is 39.3 Å². The largest absolute Gasteiger partial charge is 0.493 e. The highest BCUT2D eigenvalue weighted by Gasteiger charge is 2.10. The lowest BCUT2D eigenvalue weighted by atomic mass is 10.1. The number of hydrogen-bond donors (Lipinski definition) is 0. The molecule has 0 aliphatic carbocycles. The van der Waals surface area contributed by atoms with Crippen LogP contribution in [-0.2, 0) is 0 Å². The Morgan fingerprint density at radius 2 is 1.88 bits per heavy atom. The first kappa shape index (κ1) is 21.8. The Kier molecular flexibility index (Phi) is 6.66. The van der Waals surface area contributed by atoms with Gasteiger partial charge in [0.25, 0.3) is 5.56 Å². The Morgan fingerprint density at radius 3 is 2.59 bits per heavy atom. The topological polar surface area (TPSA) is 65.7 Å². The molecule has 2 heterocycles. The fourth-order valence-electron chi connectivity index (χ4n) is 3.10. The Morgan fingerprint density at radius 1 is 1.06 bits per heavy atom. The van der Waals surface area contributed by atoms with E-state index in [9.17, 15) is 4.79 Å².